The van der Waals surface area contributed by atoms with Crippen molar-refractivity contribution in [2.75, 3.05) is 6.61 Å². The lowest BCUT2D eigenvalue weighted by Gasteiger charge is -2.14. The van der Waals surface area contributed by atoms with Gasteiger partial charge >= 0.3 is 0 Å². The lowest BCUT2D eigenvalue weighted by atomic mass is 10.1. The van der Waals surface area contributed by atoms with Gasteiger partial charge in [-0.05, 0) is 12.5 Å². The smallest absolute Gasteiger partial charge is 0.138 e. The summed E-state index contributed by atoms with van der Waals surface area (Å²) < 4.78 is 0. The molecule has 0 saturated carbocycles. The number of phenols is 1. The van der Waals surface area contributed by atoms with Crippen molar-refractivity contribution in [2.45, 2.75) is 25.9 Å². The summed E-state index contributed by atoms with van der Waals surface area (Å²) in [6.07, 6.45) is 0.845. The van der Waals surface area contributed by atoms with Crippen molar-refractivity contribution in [2.24, 2.45) is 0 Å². The molecule has 0 radical (unpaired) electrons. The van der Waals surface area contributed by atoms with Crippen molar-refractivity contribution < 1.29 is 10.2 Å². The van der Waals surface area contributed by atoms with Crippen LogP contribution in [-0.4, -0.2) is 22.9 Å². The van der Waals surface area contributed by atoms with Crippen molar-refractivity contribution in [3.8, 4) is 5.75 Å². The van der Waals surface area contributed by atoms with E-state index < -0.39 is 0 Å². The number of aliphatic hydroxyl groups excluding tert-OH is 1. The molecule has 0 bridgehead atoms. The van der Waals surface area contributed by atoms with Crippen LogP contribution in [0.4, 0.5) is 0 Å². The lowest BCUT2D eigenvalue weighted by molar-refractivity contribution is 0.238. The van der Waals surface area contributed by atoms with Gasteiger partial charge in [0, 0.05) is 18.2 Å². The number of hydrogen-bond acceptors (Lipinski definition) is 3. The first-order chi connectivity index (χ1) is 7.19. The lowest BCUT2D eigenvalue weighted by Crippen LogP contribution is -2.31. The average molecular weight is 230 g/mol. The van der Waals surface area contributed by atoms with Crippen molar-refractivity contribution >= 4 is 11.6 Å². The van der Waals surface area contributed by atoms with Gasteiger partial charge in [-0.25, -0.2) is 0 Å². The summed E-state index contributed by atoms with van der Waals surface area (Å²) in [7, 11) is 0. The van der Waals surface area contributed by atoms with Crippen LogP contribution < -0.4 is 5.32 Å². The molecule has 0 amide bonds. The molecule has 0 heterocycles. The highest BCUT2D eigenvalue weighted by atomic mass is 35.5. The van der Waals surface area contributed by atoms with Crippen molar-refractivity contribution in [1.29, 1.82) is 0 Å². The second-order valence-corrected chi connectivity index (χ2v) is 3.82. The molecule has 0 aliphatic rings. The zero-order valence-electron chi connectivity index (χ0n) is 8.70. The maximum Gasteiger partial charge on any atom is 0.138 e. The van der Waals surface area contributed by atoms with E-state index in [1.54, 1.807) is 18.2 Å². The van der Waals surface area contributed by atoms with Gasteiger partial charge in [-0.15, -0.1) is 0 Å². The molecule has 0 fully saturated rings. The number of halogens is 1. The molecular formula is C11H16ClNO2. The summed E-state index contributed by atoms with van der Waals surface area (Å²) in [6, 6.07) is 5.30. The Morgan fingerprint density at radius 1 is 1.47 bits per heavy atom. The van der Waals surface area contributed by atoms with Crippen LogP contribution in [0.15, 0.2) is 18.2 Å². The van der Waals surface area contributed by atoms with Crippen molar-refractivity contribution in [1.82, 2.24) is 5.32 Å². The van der Waals surface area contributed by atoms with Crippen LogP contribution in [0.3, 0.4) is 0 Å². The van der Waals surface area contributed by atoms with Gasteiger partial charge in [0.2, 0.25) is 0 Å². The van der Waals surface area contributed by atoms with Crippen molar-refractivity contribution in [3.63, 3.8) is 0 Å². The van der Waals surface area contributed by atoms with Crippen molar-refractivity contribution in [3.05, 3.63) is 28.8 Å². The maximum absolute atomic E-state index is 9.62. The second-order valence-electron chi connectivity index (χ2n) is 3.42. The number of benzene rings is 1. The largest absolute Gasteiger partial charge is 0.506 e. The third kappa shape index (κ3) is 3.38. The third-order valence-corrected chi connectivity index (χ3v) is 2.67. The number of aromatic hydroxyl groups is 1. The van der Waals surface area contributed by atoms with Crippen LogP contribution >= 0.6 is 11.6 Å². The Bertz CT molecular complexity index is 313. The highest BCUT2D eigenvalue weighted by Gasteiger charge is 2.07. The number of rotatable bonds is 5. The molecule has 3 nitrogen and oxygen atoms in total. The first-order valence-corrected chi connectivity index (χ1v) is 5.37. The van der Waals surface area contributed by atoms with E-state index in [0.717, 1.165) is 12.0 Å². The third-order valence-electron chi connectivity index (χ3n) is 2.36. The number of hydrogen-bond donors (Lipinski definition) is 3. The van der Waals surface area contributed by atoms with Gasteiger partial charge in [0.15, 0.2) is 0 Å². The van der Waals surface area contributed by atoms with Crippen LogP contribution in [0.2, 0.25) is 5.02 Å². The summed E-state index contributed by atoms with van der Waals surface area (Å²) in [5.74, 6) is 0.111. The second kappa shape index (κ2) is 5.95. The molecule has 3 N–H and O–H groups in total. The topological polar surface area (TPSA) is 52.5 Å². The van der Waals surface area contributed by atoms with Crippen LogP contribution in [0, 0.1) is 0 Å². The fourth-order valence-corrected chi connectivity index (χ4v) is 1.49. The first kappa shape index (κ1) is 12.3. The molecule has 0 aromatic heterocycles. The number of para-hydroxylation sites is 1. The zero-order chi connectivity index (χ0) is 11.3. The molecule has 1 aromatic rings. The molecule has 15 heavy (non-hydrogen) atoms. The minimum Gasteiger partial charge on any atom is -0.506 e. The molecule has 0 saturated heterocycles. The molecule has 4 heteroatoms. The fourth-order valence-electron chi connectivity index (χ4n) is 1.29. The molecule has 1 rings (SSSR count). The SMILES string of the molecule is CC[C@@H](CO)NCc1cccc(Cl)c1O. The predicted molar refractivity (Wildman–Crippen MR) is 61.1 cm³/mol. The minimum absolute atomic E-state index is 0.0587. The molecule has 0 aliphatic heterocycles. The van der Waals surface area contributed by atoms with Gasteiger partial charge in [-0.3, -0.25) is 0 Å². The highest BCUT2D eigenvalue weighted by Crippen LogP contribution is 2.26. The van der Waals surface area contributed by atoms with Gasteiger partial charge in [0.25, 0.3) is 0 Å². The Labute approximate surface area is 94.7 Å². The number of phenolic OH excluding ortho intramolecular Hbond substituents is 1. The summed E-state index contributed by atoms with van der Waals surface area (Å²) in [5, 5.41) is 22.1. The van der Waals surface area contributed by atoms with Gasteiger partial charge < -0.3 is 15.5 Å². The van der Waals surface area contributed by atoms with E-state index >= 15 is 0 Å². The Kier molecular flexibility index (Phi) is 4.88. The predicted octanol–water partition coefficient (Wildman–Crippen LogP) is 1.91. The van der Waals surface area contributed by atoms with E-state index in [1.165, 1.54) is 0 Å². The molecule has 1 atom stereocenters. The quantitative estimate of drug-likeness (QED) is 0.723. The standard InChI is InChI=1S/C11H16ClNO2/c1-2-9(7-14)13-6-8-4-3-5-10(12)11(8)15/h3-5,9,13-15H,2,6-7H2,1H3/t9-/m0/s1. The van der Waals surface area contributed by atoms with Crippen LogP contribution in [0.25, 0.3) is 0 Å². The Hall–Kier alpha value is -0.770. The summed E-state index contributed by atoms with van der Waals surface area (Å²) >= 11 is 5.77. The molecule has 1 aromatic carbocycles. The Morgan fingerprint density at radius 3 is 2.80 bits per heavy atom. The Balaban J connectivity index is 2.61. The minimum atomic E-state index is 0.0587. The van der Waals surface area contributed by atoms with E-state index in [1.807, 2.05) is 6.92 Å². The first-order valence-electron chi connectivity index (χ1n) is 4.99. The van der Waals surface area contributed by atoms with Gasteiger partial charge in [-0.2, -0.15) is 0 Å². The van der Waals surface area contributed by atoms with Gasteiger partial charge in [0.05, 0.1) is 11.6 Å². The van der Waals surface area contributed by atoms with E-state index in [0.29, 0.717) is 11.6 Å². The monoisotopic (exact) mass is 229 g/mol. The van der Waals surface area contributed by atoms with E-state index in [4.69, 9.17) is 16.7 Å². The fraction of sp³-hybridized carbons (Fsp3) is 0.455. The zero-order valence-corrected chi connectivity index (χ0v) is 9.46. The van der Waals surface area contributed by atoms with Crippen LogP contribution in [0.1, 0.15) is 18.9 Å². The Morgan fingerprint density at radius 2 is 2.20 bits per heavy atom. The summed E-state index contributed by atoms with van der Waals surface area (Å²) in [6.45, 7) is 2.59. The van der Waals surface area contributed by atoms with Gasteiger partial charge in [0.1, 0.15) is 5.75 Å². The maximum atomic E-state index is 9.62. The molecule has 0 aliphatic carbocycles. The molecule has 84 valence electrons. The molecule has 0 spiro atoms. The van der Waals surface area contributed by atoms with Crippen LogP contribution in [-0.2, 0) is 6.54 Å². The number of nitrogens with one attached hydrogen (secondary N) is 1. The number of aliphatic hydroxyl groups is 1. The average Bonchev–Trinajstić information content (AvgIpc) is 2.25. The van der Waals surface area contributed by atoms with E-state index in [9.17, 15) is 5.11 Å². The van der Waals surface area contributed by atoms with E-state index in [-0.39, 0.29) is 18.4 Å². The van der Waals surface area contributed by atoms with E-state index in [2.05, 4.69) is 5.32 Å². The summed E-state index contributed by atoms with van der Waals surface area (Å²) in [4.78, 5) is 0. The summed E-state index contributed by atoms with van der Waals surface area (Å²) in [5.41, 5.74) is 0.745. The highest BCUT2D eigenvalue weighted by molar-refractivity contribution is 6.32. The molecular weight excluding hydrogens is 214 g/mol. The normalized spacial score (nSPS) is 12.7. The molecule has 0 unspecified atom stereocenters. The van der Waals surface area contributed by atoms with Crippen LogP contribution in [0.5, 0.6) is 5.75 Å². The van der Waals surface area contributed by atoms with Gasteiger partial charge in [-0.1, -0.05) is 30.7 Å².